The number of nitrogens with two attached hydrogens (primary N) is 1. The smallest absolute Gasteiger partial charge is 0.263 e. The molecule has 1 aromatic rings. The van der Waals surface area contributed by atoms with Crippen LogP contribution in [0.5, 0.6) is 0 Å². The van der Waals surface area contributed by atoms with E-state index in [-0.39, 0.29) is 12.1 Å². The summed E-state index contributed by atoms with van der Waals surface area (Å²) in [6.07, 6.45) is 4.69. The van der Waals surface area contributed by atoms with Gasteiger partial charge in [0, 0.05) is 25.3 Å². The highest BCUT2D eigenvalue weighted by Gasteiger charge is 2.35. The second kappa shape index (κ2) is 5.52. The molecule has 0 radical (unpaired) electrons. The van der Waals surface area contributed by atoms with Gasteiger partial charge in [0.2, 0.25) is 5.03 Å². The number of aromatic nitrogens is 1. The van der Waals surface area contributed by atoms with Crippen molar-refractivity contribution >= 4 is 10.0 Å². The SMILES string of the molecule is CN(C1CCCCC1N)S(=O)(=O)c1ncccc1F. The molecule has 5 nitrogen and oxygen atoms in total. The van der Waals surface area contributed by atoms with Crippen molar-refractivity contribution in [2.45, 2.75) is 42.8 Å². The maximum Gasteiger partial charge on any atom is 0.263 e. The van der Waals surface area contributed by atoms with Crippen molar-refractivity contribution in [3.63, 3.8) is 0 Å². The van der Waals surface area contributed by atoms with Crippen LogP contribution in [0.15, 0.2) is 23.4 Å². The number of hydrogen-bond acceptors (Lipinski definition) is 4. The summed E-state index contributed by atoms with van der Waals surface area (Å²) in [5.74, 6) is -0.835. The van der Waals surface area contributed by atoms with Crippen LogP contribution in [0.3, 0.4) is 0 Å². The zero-order chi connectivity index (χ0) is 14.0. The van der Waals surface area contributed by atoms with Gasteiger partial charge in [-0.3, -0.25) is 0 Å². The third-order valence-electron chi connectivity index (χ3n) is 3.60. The van der Waals surface area contributed by atoms with Crippen LogP contribution in [0, 0.1) is 5.82 Å². The molecule has 0 aliphatic heterocycles. The Kier molecular flexibility index (Phi) is 4.17. The second-order valence-electron chi connectivity index (χ2n) is 4.83. The first-order chi connectivity index (χ1) is 8.94. The molecule has 0 saturated heterocycles. The van der Waals surface area contributed by atoms with Crippen molar-refractivity contribution < 1.29 is 12.8 Å². The zero-order valence-electron chi connectivity index (χ0n) is 10.8. The molecule has 0 aromatic carbocycles. The molecule has 1 aromatic heterocycles. The molecular weight excluding hydrogens is 269 g/mol. The summed E-state index contributed by atoms with van der Waals surface area (Å²) >= 11 is 0. The molecule has 1 aliphatic carbocycles. The number of halogens is 1. The Bertz CT molecular complexity index is 550. The fourth-order valence-corrected chi connectivity index (χ4v) is 3.87. The molecule has 0 bridgehead atoms. The molecule has 2 N–H and O–H groups in total. The van der Waals surface area contributed by atoms with Crippen molar-refractivity contribution in [3.8, 4) is 0 Å². The van der Waals surface area contributed by atoms with E-state index in [0.717, 1.165) is 25.3 Å². The van der Waals surface area contributed by atoms with E-state index in [0.29, 0.717) is 6.42 Å². The third-order valence-corrected chi connectivity index (χ3v) is 5.41. The number of hydrogen-bond donors (Lipinski definition) is 1. The molecule has 19 heavy (non-hydrogen) atoms. The van der Waals surface area contributed by atoms with Crippen molar-refractivity contribution in [3.05, 3.63) is 24.1 Å². The zero-order valence-corrected chi connectivity index (χ0v) is 11.6. The summed E-state index contributed by atoms with van der Waals surface area (Å²) in [7, 11) is -2.49. The monoisotopic (exact) mass is 287 g/mol. The maximum absolute atomic E-state index is 13.6. The normalized spacial score (nSPS) is 24.6. The lowest BCUT2D eigenvalue weighted by Gasteiger charge is -2.34. The molecular formula is C12H18FN3O2S. The van der Waals surface area contributed by atoms with Crippen molar-refractivity contribution in [1.82, 2.24) is 9.29 Å². The van der Waals surface area contributed by atoms with Crippen LogP contribution >= 0.6 is 0 Å². The Hall–Kier alpha value is -1.05. The van der Waals surface area contributed by atoms with Gasteiger partial charge >= 0.3 is 0 Å². The molecule has 7 heteroatoms. The van der Waals surface area contributed by atoms with Crippen LogP contribution in [-0.4, -0.2) is 36.8 Å². The Morgan fingerprint density at radius 3 is 2.74 bits per heavy atom. The predicted octanol–water partition coefficient (Wildman–Crippen LogP) is 1.11. The van der Waals surface area contributed by atoms with E-state index < -0.39 is 20.9 Å². The lowest BCUT2D eigenvalue weighted by atomic mass is 9.91. The molecule has 1 aliphatic rings. The molecule has 0 spiro atoms. The summed E-state index contributed by atoms with van der Waals surface area (Å²) in [5, 5.41) is -0.532. The average molecular weight is 287 g/mol. The van der Waals surface area contributed by atoms with E-state index in [1.54, 1.807) is 0 Å². The van der Waals surface area contributed by atoms with Gasteiger partial charge in [-0.25, -0.2) is 17.8 Å². The molecule has 1 fully saturated rings. The van der Waals surface area contributed by atoms with Gasteiger partial charge in [-0.1, -0.05) is 12.8 Å². The van der Waals surface area contributed by atoms with E-state index in [4.69, 9.17) is 5.73 Å². The van der Waals surface area contributed by atoms with Gasteiger partial charge < -0.3 is 5.73 Å². The fraction of sp³-hybridized carbons (Fsp3) is 0.583. The van der Waals surface area contributed by atoms with Crippen LogP contribution in [0.4, 0.5) is 4.39 Å². The number of nitrogens with zero attached hydrogens (tertiary/aromatic N) is 2. The number of pyridine rings is 1. The lowest BCUT2D eigenvalue weighted by molar-refractivity contribution is 0.251. The van der Waals surface area contributed by atoms with E-state index in [1.165, 1.54) is 23.6 Å². The van der Waals surface area contributed by atoms with Crippen LogP contribution in [-0.2, 0) is 10.0 Å². The van der Waals surface area contributed by atoms with Crippen LogP contribution in [0.25, 0.3) is 0 Å². The molecule has 0 amide bonds. The number of sulfonamides is 1. The highest BCUT2D eigenvalue weighted by Crippen LogP contribution is 2.26. The van der Waals surface area contributed by atoms with Gasteiger partial charge in [0.05, 0.1) is 0 Å². The van der Waals surface area contributed by atoms with Crippen molar-refractivity contribution in [1.29, 1.82) is 0 Å². The lowest BCUT2D eigenvalue weighted by Crippen LogP contribution is -2.50. The molecule has 106 valence electrons. The standard InChI is InChI=1S/C12H18FN3O2S/c1-16(11-7-3-2-6-10(11)14)19(17,18)12-9(13)5-4-8-15-12/h4-5,8,10-11H,2-3,6-7,14H2,1H3. The highest BCUT2D eigenvalue weighted by molar-refractivity contribution is 7.89. The minimum atomic E-state index is -3.93. The van der Waals surface area contributed by atoms with E-state index >= 15 is 0 Å². The molecule has 2 atom stereocenters. The summed E-state index contributed by atoms with van der Waals surface area (Å²) in [6.45, 7) is 0. The average Bonchev–Trinajstić information content (AvgIpc) is 2.39. The van der Waals surface area contributed by atoms with Gasteiger partial charge in [-0.15, -0.1) is 0 Å². The van der Waals surface area contributed by atoms with Gasteiger partial charge in [0.1, 0.15) is 0 Å². The van der Waals surface area contributed by atoms with Crippen LogP contribution < -0.4 is 5.73 Å². The Morgan fingerprint density at radius 2 is 2.11 bits per heavy atom. The highest BCUT2D eigenvalue weighted by atomic mass is 32.2. The minimum Gasteiger partial charge on any atom is -0.326 e. The quantitative estimate of drug-likeness (QED) is 0.903. The molecule has 2 rings (SSSR count). The van der Waals surface area contributed by atoms with E-state index in [9.17, 15) is 12.8 Å². The van der Waals surface area contributed by atoms with E-state index in [1.807, 2.05) is 0 Å². The Morgan fingerprint density at radius 1 is 1.42 bits per heavy atom. The first-order valence-corrected chi connectivity index (χ1v) is 7.72. The van der Waals surface area contributed by atoms with Crippen molar-refractivity contribution in [2.75, 3.05) is 7.05 Å². The molecule has 1 heterocycles. The number of rotatable bonds is 3. The third kappa shape index (κ3) is 2.77. The summed E-state index contributed by atoms with van der Waals surface area (Å²) < 4.78 is 39.5. The first kappa shape index (κ1) is 14.4. The van der Waals surface area contributed by atoms with Crippen LogP contribution in [0.2, 0.25) is 0 Å². The van der Waals surface area contributed by atoms with Crippen molar-refractivity contribution in [2.24, 2.45) is 5.73 Å². The molecule has 1 saturated carbocycles. The van der Waals surface area contributed by atoms with Gasteiger partial charge in [0.25, 0.3) is 10.0 Å². The topological polar surface area (TPSA) is 76.3 Å². The fourth-order valence-electron chi connectivity index (χ4n) is 2.47. The van der Waals surface area contributed by atoms with Gasteiger partial charge in [-0.2, -0.15) is 4.31 Å². The summed E-state index contributed by atoms with van der Waals surface area (Å²) in [4.78, 5) is 3.65. The minimum absolute atomic E-state index is 0.208. The maximum atomic E-state index is 13.6. The predicted molar refractivity (Wildman–Crippen MR) is 69.4 cm³/mol. The Labute approximate surface area is 112 Å². The van der Waals surface area contributed by atoms with Gasteiger partial charge in [0.15, 0.2) is 5.82 Å². The van der Waals surface area contributed by atoms with Crippen LogP contribution in [0.1, 0.15) is 25.7 Å². The Balaban J connectivity index is 2.31. The molecule has 2 unspecified atom stereocenters. The summed E-state index contributed by atoms with van der Waals surface area (Å²) in [5.41, 5.74) is 5.97. The summed E-state index contributed by atoms with van der Waals surface area (Å²) in [6, 6.07) is 1.95. The van der Waals surface area contributed by atoms with Gasteiger partial charge in [-0.05, 0) is 25.0 Å². The largest absolute Gasteiger partial charge is 0.326 e. The second-order valence-corrected chi connectivity index (χ2v) is 6.74. The first-order valence-electron chi connectivity index (χ1n) is 6.28. The van der Waals surface area contributed by atoms with E-state index in [2.05, 4.69) is 4.98 Å². The number of likely N-dealkylation sites (N-methyl/N-ethyl adjacent to an activating group) is 1.